The molecule has 0 bridgehead atoms. The molecule has 6 heteroatoms. The molecule has 6 nitrogen and oxygen atoms in total. The van der Waals surface area contributed by atoms with Gasteiger partial charge in [0.05, 0.1) is 5.69 Å². The molecule has 2 heterocycles. The molecular weight excluding hydrogens is 342 g/mol. The van der Waals surface area contributed by atoms with Gasteiger partial charge in [-0.2, -0.15) is 5.10 Å². The summed E-state index contributed by atoms with van der Waals surface area (Å²) in [6, 6.07) is 13.4. The smallest absolute Gasteiger partial charge is 0.253 e. The number of rotatable bonds is 4. The Labute approximate surface area is 159 Å². The van der Waals surface area contributed by atoms with E-state index >= 15 is 0 Å². The molecule has 1 amide bonds. The van der Waals surface area contributed by atoms with E-state index in [1.807, 2.05) is 54.4 Å². The number of hydrazone groups is 1. The molecule has 27 heavy (non-hydrogen) atoms. The molecule has 2 aliphatic rings. The largest absolute Gasteiger partial charge is 0.486 e. The van der Waals surface area contributed by atoms with Crippen LogP contribution in [0.4, 0.5) is 5.69 Å². The van der Waals surface area contributed by atoms with Gasteiger partial charge in [-0.3, -0.25) is 9.80 Å². The van der Waals surface area contributed by atoms with Crippen molar-refractivity contribution in [1.29, 1.82) is 0 Å². The summed E-state index contributed by atoms with van der Waals surface area (Å²) in [4.78, 5) is 14.5. The van der Waals surface area contributed by atoms with Crippen LogP contribution in [0, 0.1) is 0 Å². The fraction of sp³-hybridized carbons (Fsp3) is 0.333. The second kappa shape index (κ2) is 7.31. The van der Waals surface area contributed by atoms with Gasteiger partial charge in [-0.05, 0) is 48.9 Å². The van der Waals surface area contributed by atoms with Crippen molar-refractivity contribution in [2.45, 2.75) is 19.9 Å². The number of anilines is 1. The fourth-order valence-corrected chi connectivity index (χ4v) is 3.29. The summed E-state index contributed by atoms with van der Waals surface area (Å²) >= 11 is 0. The van der Waals surface area contributed by atoms with E-state index in [9.17, 15) is 4.79 Å². The van der Waals surface area contributed by atoms with Gasteiger partial charge in [0.2, 0.25) is 0 Å². The summed E-state index contributed by atoms with van der Waals surface area (Å²) in [5.74, 6) is 1.48. The predicted octanol–water partition coefficient (Wildman–Crippen LogP) is 3.32. The Bertz CT molecular complexity index is 877. The molecule has 0 N–H and O–H groups in total. The first-order valence-electron chi connectivity index (χ1n) is 9.16. The SMILES string of the molecule is CC1=NN(c2ccc(C(=O)N(C)Cc3ccc4c(c3)OCCO4)cc2)CC1. The summed E-state index contributed by atoms with van der Waals surface area (Å²) in [7, 11) is 1.81. The number of nitrogens with zero attached hydrogens (tertiary/aromatic N) is 3. The number of carbonyl (C=O) groups is 1. The zero-order valence-electron chi connectivity index (χ0n) is 15.6. The Balaban J connectivity index is 1.43. The zero-order chi connectivity index (χ0) is 18.8. The Morgan fingerprint density at radius 2 is 1.85 bits per heavy atom. The topological polar surface area (TPSA) is 54.4 Å². The fourth-order valence-electron chi connectivity index (χ4n) is 3.29. The minimum absolute atomic E-state index is 0.0162. The van der Waals surface area contributed by atoms with Crippen molar-refractivity contribution in [3.05, 3.63) is 53.6 Å². The zero-order valence-corrected chi connectivity index (χ0v) is 15.6. The van der Waals surface area contributed by atoms with Crippen LogP contribution in [0.25, 0.3) is 0 Å². The van der Waals surface area contributed by atoms with Gasteiger partial charge in [0.25, 0.3) is 5.91 Å². The van der Waals surface area contributed by atoms with E-state index in [4.69, 9.17) is 9.47 Å². The van der Waals surface area contributed by atoms with Gasteiger partial charge in [0, 0.05) is 37.8 Å². The molecule has 2 aromatic rings. The van der Waals surface area contributed by atoms with Crippen molar-refractivity contribution >= 4 is 17.3 Å². The van der Waals surface area contributed by atoms with Gasteiger partial charge in [-0.15, -0.1) is 0 Å². The van der Waals surface area contributed by atoms with E-state index in [0.29, 0.717) is 25.3 Å². The molecule has 0 spiro atoms. The maximum atomic E-state index is 12.8. The number of fused-ring (bicyclic) bond motifs is 1. The molecule has 0 fully saturated rings. The molecule has 0 radical (unpaired) electrons. The minimum Gasteiger partial charge on any atom is -0.486 e. The lowest BCUT2D eigenvalue weighted by Crippen LogP contribution is -2.26. The Kier molecular flexibility index (Phi) is 4.71. The highest BCUT2D eigenvalue weighted by Crippen LogP contribution is 2.31. The molecule has 0 aromatic heterocycles. The lowest BCUT2D eigenvalue weighted by Gasteiger charge is -2.21. The third-order valence-corrected chi connectivity index (χ3v) is 4.76. The predicted molar refractivity (Wildman–Crippen MR) is 105 cm³/mol. The van der Waals surface area contributed by atoms with Crippen LogP contribution >= 0.6 is 0 Å². The highest BCUT2D eigenvalue weighted by atomic mass is 16.6. The molecule has 0 aliphatic carbocycles. The van der Waals surface area contributed by atoms with E-state index in [1.165, 1.54) is 0 Å². The molecule has 2 aromatic carbocycles. The molecule has 4 rings (SSSR count). The molecule has 0 saturated carbocycles. The minimum atomic E-state index is -0.0162. The van der Waals surface area contributed by atoms with Crippen molar-refractivity contribution < 1.29 is 14.3 Å². The summed E-state index contributed by atoms with van der Waals surface area (Å²) in [5.41, 5.74) is 3.82. The van der Waals surface area contributed by atoms with Gasteiger partial charge in [-0.1, -0.05) is 6.07 Å². The maximum absolute atomic E-state index is 12.8. The third-order valence-electron chi connectivity index (χ3n) is 4.76. The molecular formula is C21H23N3O3. The summed E-state index contributed by atoms with van der Waals surface area (Å²) in [5, 5.41) is 6.47. The van der Waals surface area contributed by atoms with E-state index in [-0.39, 0.29) is 5.91 Å². The highest BCUT2D eigenvalue weighted by Gasteiger charge is 2.17. The van der Waals surface area contributed by atoms with Crippen LogP contribution in [-0.2, 0) is 6.54 Å². The van der Waals surface area contributed by atoms with E-state index < -0.39 is 0 Å². The van der Waals surface area contributed by atoms with E-state index in [0.717, 1.165) is 41.4 Å². The molecule has 0 atom stereocenters. The van der Waals surface area contributed by atoms with Gasteiger partial charge in [0.1, 0.15) is 13.2 Å². The molecule has 140 valence electrons. The van der Waals surface area contributed by atoms with Crippen molar-refractivity contribution in [3.63, 3.8) is 0 Å². The second-order valence-corrected chi connectivity index (χ2v) is 6.89. The van der Waals surface area contributed by atoms with Gasteiger partial charge in [-0.25, -0.2) is 0 Å². The van der Waals surface area contributed by atoms with E-state index in [2.05, 4.69) is 5.10 Å². The quantitative estimate of drug-likeness (QED) is 0.834. The van der Waals surface area contributed by atoms with Crippen LogP contribution in [0.15, 0.2) is 47.6 Å². The molecule has 2 aliphatic heterocycles. The first-order valence-corrected chi connectivity index (χ1v) is 9.16. The Morgan fingerprint density at radius 3 is 2.56 bits per heavy atom. The average Bonchev–Trinajstić information content (AvgIpc) is 3.14. The number of hydrogen-bond donors (Lipinski definition) is 0. The van der Waals surface area contributed by atoms with Crippen LogP contribution in [-0.4, -0.2) is 43.3 Å². The lowest BCUT2D eigenvalue weighted by molar-refractivity contribution is 0.0785. The van der Waals surface area contributed by atoms with Crippen molar-refractivity contribution in [2.24, 2.45) is 5.10 Å². The summed E-state index contributed by atoms with van der Waals surface area (Å²) < 4.78 is 11.2. The summed E-state index contributed by atoms with van der Waals surface area (Å²) in [6.45, 7) is 4.56. The van der Waals surface area contributed by atoms with Crippen molar-refractivity contribution in [3.8, 4) is 11.5 Å². The lowest BCUT2D eigenvalue weighted by atomic mass is 10.1. The van der Waals surface area contributed by atoms with Crippen LogP contribution in [0.5, 0.6) is 11.5 Å². The second-order valence-electron chi connectivity index (χ2n) is 6.89. The van der Waals surface area contributed by atoms with Crippen LogP contribution in [0.3, 0.4) is 0 Å². The highest BCUT2D eigenvalue weighted by molar-refractivity contribution is 5.94. The average molecular weight is 365 g/mol. The first-order chi connectivity index (χ1) is 13.1. The van der Waals surface area contributed by atoms with Crippen molar-refractivity contribution in [2.75, 3.05) is 31.8 Å². The standard InChI is InChI=1S/C21H23N3O3/c1-15-9-10-24(22-15)18-6-4-17(5-7-18)21(25)23(2)14-16-3-8-19-20(13-16)27-12-11-26-19/h3-8,13H,9-12,14H2,1-2H3. The third kappa shape index (κ3) is 3.74. The monoisotopic (exact) mass is 365 g/mol. The molecule has 0 unspecified atom stereocenters. The van der Waals surface area contributed by atoms with Crippen LogP contribution in [0.2, 0.25) is 0 Å². The number of hydrogen-bond acceptors (Lipinski definition) is 5. The van der Waals surface area contributed by atoms with Crippen LogP contribution in [0.1, 0.15) is 29.3 Å². The van der Waals surface area contributed by atoms with Crippen LogP contribution < -0.4 is 14.5 Å². The Hall–Kier alpha value is -3.02. The van der Waals surface area contributed by atoms with Gasteiger partial charge >= 0.3 is 0 Å². The van der Waals surface area contributed by atoms with Gasteiger partial charge < -0.3 is 14.4 Å². The molecule has 0 saturated heterocycles. The number of benzene rings is 2. The number of carbonyl (C=O) groups excluding carboxylic acids is 1. The number of ether oxygens (including phenoxy) is 2. The maximum Gasteiger partial charge on any atom is 0.253 e. The summed E-state index contributed by atoms with van der Waals surface area (Å²) in [6.07, 6.45) is 0.985. The number of amides is 1. The Morgan fingerprint density at radius 1 is 1.11 bits per heavy atom. The van der Waals surface area contributed by atoms with Crippen molar-refractivity contribution in [1.82, 2.24) is 4.90 Å². The normalized spacial score (nSPS) is 15.5. The first kappa shape index (κ1) is 17.4. The van der Waals surface area contributed by atoms with E-state index in [1.54, 1.807) is 11.9 Å². The van der Waals surface area contributed by atoms with Gasteiger partial charge in [0.15, 0.2) is 11.5 Å².